The number of carbonyl (C=O) groups excluding carboxylic acids is 4. The molecule has 0 bridgehead atoms. The van der Waals surface area contributed by atoms with Gasteiger partial charge in [0.2, 0.25) is 11.8 Å². The fraction of sp³-hybridized carbons (Fsp3) is 0.407. The lowest BCUT2D eigenvalue weighted by Gasteiger charge is -2.36. The number of likely N-dealkylation sites (tertiary alicyclic amines) is 1. The number of hydrogen-bond acceptors (Lipinski definition) is 4. The van der Waals surface area contributed by atoms with E-state index in [1.807, 2.05) is 51.1 Å². The lowest BCUT2D eigenvalue weighted by molar-refractivity contribution is -0.144. The Morgan fingerprint density at radius 1 is 1.00 bits per heavy atom. The summed E-state index contributed by atoms with van der Waals surface area (Å²) in [7, 11) is 0. The zero-order valence-corrected chi connectivity index (χ0v) is 21.8. The molecular weight excluding hydrogens is 510 g/mol. The van der Waals surface area contributed by atoms with Gasteiger partial charge in [0, 0.05) is 11.0 Å². The van der Waals surface area contributed by atoms with Crippen LogP contribution in [0.3, 0.4) is 0 Å². The van der Waals surface area contributed by atoms with Crippen LogP contribution in [0.4, 0.5) is 10.5 Å². The average molecular weight is 538 g/mol. The average Bonchev–Trinajstić information content (AvgIpc) is 3.31. The standard InChI is InChI=1S/C27H28BrN3O4/c1-5-29-23(32)20-21(24(29)33)27(14-15(2)3)25(34)30(19-8-6-7-18(28)13-19)26(35)31(27)22(20)17-11-9-16(4)10-12-17/h6-13,15,20-22H,5,14H2,1-4H3/t20?,21?,22?,27-/m1/s1. The van der Waals surface area contributed by atoms with Crippen molar-refractivity contribution >= 4 is 45.4 Å². The van der Waals surface area contributed by atoms with Crippen LogP contribution in [0.2, 0.25) is 0 Å². The molecule has 0 aromatic heterocycles. The van der Waals surface area contributed by atoms with Gasteiger partial charge in [-0.3, -0.25) is 19.3 Å². The molecule has 0 saturated carbocycles. The first-order valence-corrected chi connectivity index (χ1v) is 12.8. The molecule has 8 heteroatoms. The molecule has 35 heavy (non-hydrogen) atoms. The van der Waals surface area contributed by atoms with Crippen molar-refractivity contribution in [1.29, 1.82) is 0 Å². The van der Waals surface area contributed by atoms with E-state index in [0.29, 0.717) is 12.1 Å². The summed E-state index contributed by atoms with van der Waals surface area (Å²) >= 11 is 3.43. The van der Waals surface area contributed by atoms with Crippen LogP contribution in [0.5, 0.6) is 0 Å². The second-order valence-electron chi connectivity index (χ2n) is 10.1. The van der Waals surface area contributed by atoms with Gasteiger partial charge in [-0.25, -0.2) is 9.69 Å². The lowest BCUT2D eigenvalue weighted by Crippen LogP contribution is -2.54. The van der Waals surface area contributed by atoms with E-state index in [1.165, 1.54) is 9.80 Å². The van der Waals surface area contributed by atoms with E-state index in [0.717, 1.165) is 15.6 Å². The predicted molar refractivity (Wildman–Crippen MR) is 134 cm³/mol. The third kappa shape index (κ3) is 3.22. The third-order valence-electron chi connectivity index (χ3n) is 7.50. The van der Waals surface area contributed by atoms with E-state index in [1.54, 1.807) is 30.0 Å². The zero-order valence-electron chi connectivity index (χ0n) is 20.2. The summed E-state index contributed by atoms with van der Waals surface area (Å²) in [6.07, 6.45) is 0.294. The van der Waals surface area contributed by atoms with Gasteiger partial charge in [0.25, 0.3) is 5.91 Å². The Balaban J connectivity index is 1.77. The second-order valence-corrected chi connectivity index (χ2v) is 11.0. The highest BCUT2D eigenvalue weighted by molar-refractivity contribution is 9.10. The maximum absolute atomic E-state index is 14.4. The summed E-state index contributed by atoms with van der Waals surface area (Å²) < 4.78 is 0.734. The molecule has 7 nitrogen and oxygen atoms in total. The number of benzene rings is 2. The van der Waals surface area contributed by atoms with Gasteiger partial charge in [0.15, 0.2) is 0 Å². The molecule has 2 aromatic rings. The fourth-order valence-electron chi connectivity index (χ4n) is 6.25. The summed E-state index contributed by atoms with van der Waals surface area (Å²) in [6.45, 7) is 7.91. The summed E-state index contributed by atoms with van der Waals surface area (Å²) in [6, 6.07) is 13.5. The van der Waals surface area contributed by atoms with E-state index in [2.05, 4.69) is 15.9 Å². The van der Waals surface area contributed by atoms with E-state index >= 15 is 0 Å². The van der Waals surface area contributed by atoms with E-state index < -0.39 is 35.4 Å². The molecule has 3 saturated heterocycles. The number of carbonyl (C=O) groups is 4. The molecule has 2 aromatic carbocycles. The number of fused-ring (bicyclic) bond motifs is 3. The van der Waals surface area contributed by atoms with Gasteiger partial charge < -0.3 is 4.90 Å². The largest absolute Gasteiger partial charge is 0.332 e. The van der Waals surface area contributed by atoms with Gasteiger partial charge in [-0.2, -0.15) is 0 Å². The highest BCUT2D eigenvalue weighted by atomic mass is 79.9. The number of anilines is 1. The number of rotatable bonds is 5. The SMILES string of the molecule is CCN1C(=O)C2C(c3ccc(C)cc3)N3C(=O)N(c4cccc(Br)c4)C(=O)[C@@]3(CC(C)C)C2C1=O. The first-order valence-electron chi connectivity index (χ1n) is 12.0. The van der Waals surface area contributed by atoms with Crippen LogP contribution in [0, 0.1) is 24.7 Å². The highest BCUT2D eigenvalue weighted by Gasteiger charge is 2.77. The normalized spacial score (nSPS) is 27.9. The Bertz CT molecular complexity index is 1240. The van der Waals surface area contributed by atoms with E-state index in [-0.39, 0.29) is 24.3 Å². The fourth-order valence-corrected chi connectivity index (χ4v) is 6.64. The number of halogens is 1. The quantitative estimate of drug-likeness (QED) is 0.409. The van der Waals surface area contributed by atoms with Crippen molar-refractivity contribution in [3.63, 3.8) is 0 Å². The van der Waals surface area contributed by atoms with Gasteiger partial charge in [-0.05, 0) is 49.9 Å². The molecule has 3 heterocycles. The predicted octanol–water partition coefficient (Wildman–Crippen LogP) is 4.69. The van der Waals surface area contributed by atoms with E-state index in [4.69, 9.17) is 0 Å². The Morgan fingerprint density at radius 2 is 1.69 bits per heavy atom. The van der Waals surface area contributed by atoms with Crippen molar-refractivity contribution in [3.05, 3.63) is 64.1 Å². The van der Waals surface area contributed by atoms with Crippen molar-refractivity contribution in [2.45, 2.75) is 45.7 Å². The molecule has 5 rings (SSSR count). The van der Waals surface area contributed by atoms with Crippen molar-refractivity contribution in [3.8, 4) is 0 Å². The number of nitrogens with zero attached hydrogens (tertiary/aromatic N) is 3. The maximum Gasteiger partial charge on any atom is 0.332 e. The van der Waals surface area contributed by atoms with Crippen molar-refractivity contribution in [2.24, 2.45) is 17.8 Å². The van der Waals surface area contributed by atoms with Gasteiger partial charge in [-0.1, -0.05) is 65.7 Å². The second kappa shape index (κ2) is 8.29. The molecule has 182 valence electrons. The molecule has 0 radical (unpaired) electrons. The number of imide groups is 2. The Hall–Kier alpha value is -3.00. The number of hydrogen-bond donors (Lipinski definition) is 0. The molecule has 3 aliphatic rings. The Kier molecular flexibility index (Phi) is 5.62. The monoisotopic (exact) mass is 537 g/mol. The van der Waals surface area contributed by atoms with Gasteiger partial charge in [-0.15, -0.1) is 0 Å². The first-order chi connectivity index (χ1) is 16.6. The lowest BCUT2D eigenvalue weighted by atomic mass is 9.74. The molecule has 3 fully saturated rings. The molecule has 3 aliphatic heterocycles. The summed E-state index contributed by atoms with van der Waals surface area (Å²) in [4.78, 5) is 59.8. The van der Waals surface area contributed by atoms with Crippen molar-refractivity contribution < 1.29 is 19.2 Å². The minimum absolute atomic E-state index is 0.00714. The Morgan fingerprint density at radius 3 is 2.29 bits per heavy atom. The Labute approximate surface area is 213 Å². The van der Waals surface area contributed by atoms with Crippen LogP contribution in [-0.4, -0.2) is 45.6 Å². The summed E-state index contributed by atoms with van der Waals surface area (Å²) in [5.74, 6) is -2.80. The third-order valence-corrected chi connectivity index (χ3v) is 7.99. The summed E-state index contributed by atoms with van der Waals surface area (Å²) in [5.41, 5.74) is 0.813. The number of amides is 5. The van der Waals surface area contributed by atoms with Gasteiger partial charge in [0.05, 0.1) is 23.6 Å². The zero-order chi connectivity index (χ0) is 25.2. The van der Waals surface area contributed by atoms with Crippen LogP contribution in [0.15, 0.2) is 53.0 Å². The van der Waals surface area contributed by atoms with Gasteiger partial charge in [0.1, 0.15) is 5.54 Å². The smallest absolute Gasteiger partial charge is 0.300 e. The minimum atomic E-state index is -1.43. The van der Waals surface area contributed by atoms with Gasteiger partial charge >= 0.3 is 6.03 Å². The number of aryl methyl sites for hydroxylation is 1. The van der Waals surface area contributed by atoms with Crippen LogP contribution in [0.25, 0.3) is 0 Å². The molecule has 3 unspecified atom stereocenters. The van der Waals surface area contributed by atoms with Crippen LogP contribution in [-0.2, 0) is 14.4 Å². The van der Waals surface area contributed by atoms with Crippen LogP contribution < -0.4 is 4.90 Å². The molecule has 0 N–H and O–H groups in total. The molecular formula is C27H28BrN3O4. The van der Waals surface area contributed by atoms with Crippen molar-refractivity contribution in [2.75, 3.05) is 11.4 Å². The van der Waals surface area contributed by atoms with Crippen LogP contribution in [0.1, 0.15) is 44.4 Å². The topological polar surface area (TPSA) is 78.0 Å². The highest BCUT2D eigenvalue weighted by Crippen LogP contribution is 2.60. The number of urea groups is 1. The first kappa shape index (κ1) is 23.7. The maximum atomic E-state index is 14.4. The summed E-state index contributed by atoms with van der Waals surface area (Å²) in [5, 5.41) is 0. The molecule has 5 amide bonds. The molecule has 4 atom stereocenters. The van der Waals surface area contributed by atoms with Crippen LogP contribution >= 0.6 is 15.9 Å². The molecule has 0 spiro atoms. The van der Waals surface area contributed by atoms with E-state index in [9.17, 15) is 19.2 Å². The minimum Gasteiger partial charge on any atom is -0.300 e. The molecule has 0 aliphatic carbocycles. The van der Waals surface area contributed by atoms with Crippen molar-refractivity contribution in [1.82, 2.24) is 9.80 Å².